The molecule has 4 aromatic rings. The third-order valence-electron chi connectivity index (χ3n) is 3.64. The van der Waals surface area contributed by atoms with E-state index in [9.17, 15) is 4.39 Å². The van der Waals surface area contributed by atoms with E-state index in [-0.39, 0.29) is 12.4 Å². The highest BCUT2D eigenvalue weighted by atomic mass is 19.1. The molecular formula is C18H14FN3O3. The number of benzene rings is 2. The number of aromatic nitrogens is 3. The van der Waals surface area contributed by atoms with Crippen molar-refractivity contribution < 1.29 is 18.1 Å². The Hall–Kier alpha value is -3.22. The van der Waals surface area contributed by atoms with Gasteiger partial charge in [0, 0.05) is 12.0 Å². The van der Waals surface area contributed by atoms with Gasteiger partial charge in [0.1, 0.15) is 17.1 Å². The van der Waals surface area contributed by atoms with Gasteiger partial charge < -0.3 is 13.7 Å². The molecule has 0 atom stereocenters. The number of halogens is 1. The Balaban J connectivity index is 1.51. The molecule has 0 saturated heterocycles. The average Bonchev–Trinajstić information content (AvgIpc) is 3.27. The van der Waals surface area contributed by atoms with Crippen LogP contribution in [0.5, 0.6) is 5.75 Å². The molecule has 4 rings (SSSR count). The minimum atomic E-state index is -0.318. The Morgan fingerprint density at radius 1 is 1.04 bits per heavy atom. The van der Waals surface area contributed by atoms with Crippen molar-refractivity contribution in [2.24, 2.45) is 0 Å². The van der Waals surface area contributed by atoms with Gasteiger partial charge in [0.05, 0.1) is 0 Å². The summed E-state index contributed by atoms with van der Waals surface area (Å²) in [5.41, 5.74) is 2.26. The quantitative estimate of drug-likeness (QED) is 0.543. The molecule has 7 heteroatoms. The summed E-state index contributed by atoms with van der Waals surface area (Å²) in [5, 5.41) is 3.96. The third-order valence-corrected chi connectivity index (χ3v) is 3.64. The molecule has 0 aliphatic carbocycles. The summed E-state index contributed by atoms with van der Waals surface area (Å²) in [6.45, 7) is 2.09. The van der Waals surface area contributed by atoms with Crippen LogP contribution in [0.15, 0.2) is 51.4 Å². The van der Waals surface area contributed by atoms with Crippen molar-refractivity contribution in [3.05, 3.63) is 60.1 Å². The van der Waals surface area contributed by atoms with Crippen molar-refractivity contribution in [1.29, 1.82) is 0 Å². The monoisotopic (exact) mass is 339 g/mol. The molecule has 2 aromatic carbocycles. The molecule has 0 amide bonds. The van der Waals surface area contributed by atoms with E-state index in [1.165, 1.54) is 24.3 Å². The van der Waals surface area contributed by atoms with Crippen molar-refractivity contribution >= 4 is 11.1 Å². The second-order valence-corrected chi connectivity index (χ2v) is 5.40. The predicted octanol–water partition coefficient (Wildman–Crippen LogP) is 4.16. The first kappa shape index (κ1) is 15.3. The van der Waals surface area contributed by atoms with Crippen LogP contribution < -0.4 is 4.74 Å². The summed E-state index contributed by atoms with van der Waals surface area (Å²) in [7, 11) is 0. The maximum atomic E-state index is 12.9. The zero-order chi connectivity index (χ0) is 17.2. The fraction of sp³-hybridized carbons (Fsp3) is 0.167. The minimum absolute atomic E-state index is 0.102. The van der Waals surface area contributed by atoms with Gasteiger partial charge in [0.25, 0.3) is 5.89 Å². The van der Waals surface area contributed by atoms with Crippen LogP contribution >= 0.6 is 0 Å². The molecule has 0 bridgehead atoms. The van der Waals surface area contributed by atoms with E-state index in [0.29, 0.717) is 23.4 Å². The first-order valence-electron chi connectivity index (χ1n) is 7.82. The summed E-state index contributed by atoms with van der Waals surface area (Å²) in [4.78, 5) is 8.71. The highest BCUT2D eigenvalue weighted by molar-refractivity contribution is 5.78. The van der Waals surface area contributed by atoms with Gasteiger partial charge in [-0.25, -0.2) is 9.37 Å². The highest BCUT2D eigenvalue weighted by Crippen LogP contribution is 2.23. The SMILES string of the molecule is CCc1nc2cc(-c3noc(COc4ccc(F)cc4)n3)ccc2o1. The van der Waals surface area contributed by atoms with Crippen LogP contribution in [-0.2, 0) is 13.0 Å². The van der Waals surface area contributed by atoms with Gasteiger partial charge in [0.2, 0.25) is 5.82 Å². The second-order valence-electron chi connectivity index (χ2n) is 5.40. The van der Waals surface area contributed by atoms with Crippen LogP contribution in [0.3, 0.4) is 0 Å². The molecule has 0 aliphatic rings. The molecule has 2 heterocycles. The fourth-order valence-electron chi connectivity index (χ4n) is 2.37. The molecule has 0 unspecified atom stereocenters. The molecule has 0 N–H and O–H groups in total. The Kier molecular flexibility index (Phi) is 3.89. The molecule has 25 heavy (non-hydrogen) atoms. The summed E-state index contributed by atoms with van der Waals surface area (Å²) in [6, 6.07) is 11.3. The van der Waals surface area contributed by atoms with Gasteiger partial charge in [-0.05, 0) is 42.5 Å². The number of oxazole rings is 1. The van der Waals surface area contributed by atoms with Gasteiger partial charge in [-0.3, -0.25) is 0 Å². The van der Waals surface area contributed by atoms with Gasteiger partial charge in [-0.2, -0.15) is 4.98 Å². The second kappa shape index (κ2) is 6.35. The lowest BCUT2D eigenvalue weighted by Crippen LogP contribution is -1.95. The lowest BCUT2D eigenvalue weighted by molar-refractivity contribution is 0.242. The predicted molar refractivity (Wildman–Crippen MR) is 87.4 cm³/mol. The van der Waals surface area contributed by atoms with Crippen LogP contribution in [0.2, 0.25) is 0 Å². The fourth-order valence-corrected chi connectivity index (χ4v) is 2.37. The first-order chi connectivity index (χ1) is 12.2. The smallest absolute Gasteiger partial charge is 0.264 e. The van der Waals surface area contributed by atoms with E-state index < -0.39 is 0 Å². The van der Waals surface area contributed by atoms with E-state index >= 15 is 0 Å². The van der Waals surface area contributed by atoms with Gasteiger partial charge >= 0.3 is 0 Å². The van der Waals surface area contributed by atoms with Crippen molar-refractivity contribution in [3.8, 4) is 17.1 Å². The Bertz CT molecular complexity index is 1010. The lowest BCUT2D eigenvalue weighted by Gasteiger charge is -2.01. The van der Waals surface area contributed by atoms with Crippen molar-refractivity contribution in [2.45, 2.75) is 20.0 Å². The first-order valence-corrected chi connectivity index (χ1v) is 7.82. The summed E-state index contributed by atoms with van der Waals surface area (Å²) in [6.07, 6.45) is 0.733. The average molecular weight is 339 g/mol. The van der Waals surface area contributed by atoms with E-state index in [2.05, 4.69) is 15.1 Å². The van der Waals surface area contributed by atoms with Crippen molar-refractivity contribution in [2.75, 3.05) is 0 Å². The van der Waals surface area contributed by atoms with Crippen LogP contribution in [0.1, 0.15) is 18.7 Å². The maximum Gasteiger partial charge on any atom is 0.264 e. The van der Waals surface area contributed by atoms with Crippen molar-refractivity contribution in [1.82, 2.24) is 15.1 Å². The largest absolute Gasteiger partial charge is 0.484 e. The zero-order valence-corrected chi connectivity index (χ0v) is 13.4. The number of hydrogen-bond donors (Lipinski definition) is 0. The Morgan fingerprint density at radius 2 is 1.88 bits per heavy atom. The third kappa shape index (κ3) is 3.21. The summed E-state index contributed by atoms with van der Waals surface area (Å²) in [5.74, 6) is 1.67. The number of hydrogen-bond acceptors (Lipinski definition) is 6. The molecule has 0 radical (unpaired) electrons. The molecule has 0 saturated carbocycles. The van der Waals surface area contributed by atoms with Gasteiger partial charge in [-0.1, -0.05) is 12.1 Å². The van der Waals surface area contributed by atoms with Crippen molar-refractivity contribution in [3.63, 3.8) is 0 Å². The number of fused-ring (bicyclic) bond motifs is 1. The number of ether oxygens (including phenoxy) is 1. The number of nitrogens with zero attached hydrogens (tertiary/aromatic N) is 3. The van der Waals surface area contributed by atoms with Crippen LogP contribution in [0.4, 0.5) is 4.39 Å². The molecule has 126 valence electrons. The molecule has 2 aromatic heterocycles. The maximum absolute atomic E-state index is 12.9. The molecule has 6 nitrogen and oxygen atoms in total. The van der Waals surface area contributed by atoms with E-state index in [1.54, 1.807) is 0 Å². The minimum Gasteiger partial charge on any atom is -0.484 e. The summed E-state index contributed by atoms with van der Waals surface area (Å²) >= 11 is 0. The summed E-state index contributed by atoms with van der Waals surface area (Å²) < 4.78 is 29.1. The van der Waals surface area contributed by atoms with Crippen LogP contribution in [0, 0.1) is 5.82 Å². The topological polar surface area (TPSA) is 74.2 Å². The lowest BCUT2D eigenvalue weighted by atomic mass is 10.2. The molecule has 0 fully saturated rings. The van der Waals surface area contributed by atoms with Crippen LogP contribution in [-0.4, -0.2) is 15.1 Å². The zero-order valence-electron chi connectivity index (χ0n) is 13.4. The highest BCUT2D eigenvalue weighted by Gasteiger charge is 2.12. The number of rotatable bonds is 5. The molecular weight excluding hydrogens is 325 g/mol. The molecule has 0 spiro atoms. The van der Waals surface area contributed by atoms with Gasteiger partial charge in [-0.15, -0.1) is 0 Å². The standard InChI is InChI=1S/C18H14FN3O3/c1-2-16-20-14-9-11(3-8-15(14)24-16)18-21-17(25-22-18)10-23-13-6-4-12(19)5-7-13/h3-9H,2,10H2,1H3. The molecule has 0 aliphatic heterocycles. The van der Waals surface area contributed by atoms with E-state index in [0.717, 1.165) is 23.1 Å². The van der Waals surface area contributed by atoms with E-state index in [4.69, 9.17) is 13.7 Å². The van der Waals surface area contributed by atoms with E-state index in [1.807, 2.05) is 25.1 Å². The van der Waals surface area contributed by atoms with Gasteiger partial charge in [0.15, 0.2) is 18.1 Å². The Morgan fingerprint density at radius 3 is 2.68 bits per heavy atom. The van der Waals surface area contributed by atoms with Crippen LogP contribution in [0.25, 0.3) is 22.5 Å². The normalized spacial score (nSPS) is 11.1. The Labute approximate surface area is 142 Å². The number of aryl methyl sites for hydroxylation is 1.